The van der Waals surface area contributed by atoms with E-state index in [1.165, 1.54) is 12.1 Å². The summed E-state index contributed by atoms with van der Waals surface area (Å²) in [4.78, 5) is 29.4. The molecular formula is C24H29FN2O4. The fraction of sp³-hybridized carbons (Fsp3) is 0.500. The molecule has 1 aromatic heterocycles. The second-order valence-corrected chi connectivity index (χ2v) is 8.34. The standard InChI is InChI=1S/C24H29FN2O4/c1-3-30-24(29)18-8-12-27(13-9-18)23(28)22-16(2)31-21-10-11-26(15-20(21)22)14-17-4-6-19(25)7-5-17/h4-7,18H,3,8-15H2,1-2H3. The van der Waals surface area contributed by atoms with Crippen LogP contribution in [0.4, 0.5) is 4.39 Å². The molecule has 166 valence electrons. The molecule has 3 heterocycles. The van der Waals surface area contributed by atoms with Crippen LogP contribution in [0.15, 0.2) is 28.7 Å². The van der Waals surface area contributed by atoms with Crippen LogP contribution in [0.1, 0.15) is 52.8 Å². The van der Waals surface area contributed by atoms with Gasteiger partial charge in [-0.25, -0.2) is 4.39 Å². The predicted molar refractivity (Wildman–Crippen MR) is 113 cm³/mol. The Morgan fingerprint density at radius 3 is 2.55 bits per heavy atom. The first-order chi connectivity index (χ1) is 15.0. The number of rotatable bonds is 5. The van der Waals surface area contributed by atoms with E-state index < -0.39 is 0 Å². The molecule has 1 amide bonds. The van der Waals surface area contributed by atoms with Gasteiger partial charge in [0.15, 0.2) is 0 Å². The largest absolute Gasteiger partial charge is 0.466 e. The average Bonchev–Trinajstić information content (AvgIpc) is 3.10. The van der Waals surface area contributed by atoms with Gasteiger partial charge < -0.3 is 14.1 Å². The number of likely N-dealkylation sites (tertiary alicyclic amines) is 1. The summed E-state index contributed by atoms with van der Waals surface area (Å²) < 4.78 is 24.3. The van der Waals surface area contributed by atoms with Gasteiger partial charge in [0, 0.05) is 44.7 Å². The number of furan rings is 1. The lowest BCUT2D eigenvalue weighted by atomic mass is 9.95. The predicted octanol–water partition coefficient (Wildman–Crippen LogP) is 3.70. The van der Waals surface area contributed by atoms with E-state index in [-0.39, 0.29) is 23.6 Å². The number of amides is 1. The van der Waals surface area contributed by atoms with Crippen LogP contribution in [0.2, 0.25) is 0 Å². The lowest BCUT2D eigenvalue weighted by molar-refractivity contribution is -0.149. The third-order valence-corrected chi connectivity index (χ3v) is 6.24. The Morgan fingerprint density at radius 2 is 1.87 bits per heavy atom. The van der Waals surface area contributed by atoms with E-state index in [1.807, 2.05) is 11.8 Å². The van der Waals surface area contributed by atoms with Crippen molar-refractivity contribution in [2.45, 2.75) is 46.2 Å². The summed E-state index contributed by atoms with van der Waals surface area (Å²) in [6, 6.07) is 6.54. The molecule has 0 N–H and O–H groups in total. The van der Waals surface area contributed by atoms with E-state index >= 15 is 0 Å². The zero-order valence-corrected chi connectivity index (χ0v) is 18.2. The third-order valence-electron chi connectivity index (χ3n) is 6.24. The molecule has 2 aliphatic rings. The Morgan fingerprint density at radius 1 is 1.16 bits per heavy atom. The summed E-state index contributed by atoms with van der Waals surface area (Å²) in [7, 11) is 0. The molecule has 0 saturated carbocycles. The fourth-order valence-corrected chi connectivity index (χ4v) is 4.58. The zero-order chi connectivity index (χ0) is 22.0. The molecule has 0 unspecified atom stereocenters. The third kappa shape index (κ3) is 4.66. The monoisotopic (exact) mass is 428 g/mol. The van der Waals surface area contributed by atoms with Crippen molar-refractivity contribution in [2.24, 2.45) is 5.92 Å². The van der Waals surface area contributed by atoms with E-state index in [2.05, 4.69) is 4.90 Å². The molecule has 4 rings (SSSR count). The van der Waals surface area contributed by atoms with Gasteiger partial charge in [-0.05, 0) is 44.4 Å². The van der Waals surface area contributed by atoms with Crippen molar-refractivity contribution in [3.05, 3.63) is 58.3 Å². The number of carbonyl (C=O) groups excluding carboxylic acids is 2. The first-order valence-electron chi connectivity index (χ1n) is 11.0. The Labute approximate surface area is 182 Å². The Kier molecular flexibility index (Phi) is 6.41. The SMILES string of the molecule is CCOC(=O)C1CCN(C(=O)c2c(C)oc3c2CN(Cc2ccc(F)cc2)CC3)CC1. The molecule has 2 aromatic rings. The maximum Gasteiger partial charge on any atom is 0.309 e. The topological polar surface area (TPSA) is 63.0 Å². The summed E-state index contributed by atoms with van der Waals surface area (Å²) in [5.74, 6) is 0.990. The second kappa shape index (κ2) is 9.22. The average molecular weight is 429 g/mol. The van der Waals surface area contributed by atoms with Crippen LogP contribution in [0, 0.1) is 18.7 Å². The molecule has 7 heteroatoms. The number of nitrogens with zero attached hydrogens (tertiary/aromatic N) is 2. The Hall–Kier alpha value is -2.67. The fourth-order valence-electron chi connectivity index (χ4n) is 4.58. The van der Waals surface area contributed by atoms with Crippen LogP contribution in [0.5, 0.6) is 0 Å². The minimum Gasteiger partial charge on any atom is -0.466 e. The molecule has 31 heavy (non-hydrogen) atoms. The molecule has 0 radical (unpaired) electrons. The molecule has 1 aromatic carbocycles. The molecule has 0 atom stereocenters. The normalized spacial score (nSPS) is 17.5. The number of benzene rings is 1. The minimum atomic E-state index is -0.241. The highest BCUT2D eigenvalue weighted by Crippen LogP contribution is 2.31. The number of ether oxygens (including phenoxy) is 1. The highest BCUT2D eigenvalue weighted by molar-refractivity contribution is 5.97. The summed E-state index contributed by atoms with van der Waals surface area (Å²) in [5, 5.41) is 0. The number of hydrogen-bond donors (Lipinski definition) is 0. The number of aryl methyl sites for hydroxylation is 1. The van der Waals surface area contributed by atoms with Gasteiger partial charge >= 0.3 is 5.97 Å². The maximum absolute atomic E-state index is 13.3. The van der Waals surface area contributed by atoms with Crippen molar-refractivity contribution in [1.82, 2.24) is 9.80 Å². The summed E-state index contributed by atoms with van der Waals surface area (Å²) in [6.07, 6.45) is 2.00. The Bertz CT molecular complexity index is 945. The summed E-state index contributed by atoms with van der Waals surface area (Å²) in [5.41, 5.74) is 2.66. The summed E-state index contributed by atoms with van der Waals surface area (Å²) in [6.45, 7) is 7.28. The van der Waals surface area contributed by atoms with Crippen LogP contribution in [0.3, 0.4) is 0 Å². The van der Waals surface area contributed by atoms with Crippen molar-refractivity contribution in [3.8, 4) is 0 Å². The van der Waals surface area contributed by atoms with Gasteiger partial charge in [0.2, 0.25) is 0 Å². The molecule has 1 saturated heterocycles. The van der Waals surface area contributed by atoms with Crippen LogP contribution in [0.25, 0.3) is 0 Å². The summed E-state index contributed by atoms with van der Waals surface area (Å²) >= 11 is 0. The van der Waals surface area contributed by atoms with Crippen LogP contribution >= 0.6 is 0 Å². The second-order valence-electron chi connectivity index (χ2n) is 8.34. The number of fused-ring (bicyclic) bond motifs is 1. The number of carbonyl (C=O) groups is 2. The van der Waals surface area contributed by atoms with Gasteiger partial charge in [0.1, 0.15) is 17.3 Å². The zero-order valence-electron chi connectivity index (χ0n) is 18.2. The molecular weight excluding hydrogens is 399 g/mol. The highest BCUT2D eigenvalue weighted by Gasteiger charge is 2.33. The number of esters is 1. The van der Waals surface area contributed by atoms with Crippen LogP contribution in [-0.4, -0.2) is 47.9 Å². The molecule has 0 spiro atoms. The van der Waals surface area contributed by atoms with Crippen molar-refractivity contribution < 1.29 is 23.1 Å². The van der Waals surface area contributed by atoms with Gasteiger partial charge in [-0.1, -0.05) is 12.1 Å². The molecule has 0 aliphatic carbocycles. The first-order valence-corrected chi connectivity index (χ1v) is 11.0. The lowest BCUT2D eigenvalue weighted by Gasteiger charge is -2.32. The van der Waals surface area contributed by atoms with E-state index in [0.717, 1.165) is 29.9 Å². The van der Waals surface area contributed by atoms with Gasteiger partial charge in [-0.3, -0.25) is 14.5 Å². The smallest absolute Gasteiger partial charge is 0.309 e. The first kappa shape index (κ1) is 21.6. The van der Waals surface area contributed by atoms with Crippen molar-refractivity contribution in [3.63, 3.8) is 0 Å². The van der Waals surface area contributed by atoms with Crippen molar-refractivity contribution in [1.29, 1.82) is 0 Å². The number of hydrogen-bond acceptors (Lipinski definition) is 5. The quantitative estimate of drug-likeness (QED) is 0.680. The van der Waals surface area contributed by atoms with Gasteiger partial charge in [-0.15, -0.1) is 0 Å². The lowest BCUT2D eigenvalue weighted by Crippen LogP contribution is -2.41. The van der Waals surface area contributed by atoms with Crippen molar-refractivity contribution >= 4 is 11.9 Å². The minimum absolute atomic E-state index is 0.0200. The van der Waals surface area contributed by atoms with E-state index in [9.17, 15) is 14.0 Å². The van der Waals surface area contributed by atoms with Gasteiger partial charge in [0.05, 0.1) is 18.1 Å². The van der Waals surface area contributed by atoms with Gasteiger partial charge in [0.25, 0.3) is 5.91 Å². The molecule has 1 fully saturated rings. The number of halogens is 1. The van der Waals surface area contributed by atoms with Crippen LogP contribution in [-0.2, 0) is 29.0 Å². The highest BCUT2D eigenvalue weighted by atomic mass is 19.1. The van der Waals surface area contributed by atoms with E-state index in [4.69, 9.17) is 9.15 Å². The molecule has 2 aliphatic heterocycles. The van der Waals surface area contributed by atoms with E-state index in [0.29, 0.717) is 57.0 Å². The Balaban J connectivity index is 1.44. The maximum atomic E-state index is 13.3. The van der Waals surface area contributed by atoms with E-state index in [1.54, 1.807) is 19.1 Å². The van der Waals surface area contributed by atoms with Crippen molar-refractivity contribution in [2.75, 3.05) is 26.2 Å². The molecule has 6 nitrogen and oxygen atoms in total. The number of piperidine rings is 1. The van der Waals surface area contributed by atoms with Gasteiger partial charge in [-0.2, -0.15) is 0 Å². The van der Waals surface area contributed by atoms with Crippen LogP contribution < -0.4 is 0 Å². The molecule has 0 bridgehead atoms.